The lowest BCUT2D eigenvalue weighted by atomic mass is 10.0. The normalized spacial score (nSPS) is 21.8. The van der Waals surface area contributed by atoms with Gasteiger partial charge in [-0.3, -0.25) is 14.5 Å². The molecule has 1 aliphatic heterocycles. The van der Waals surface area contributed by atoms with Crippen LogP contribution in [-0.2, 0) is 16.0 Å². The first-order valence-electron chi connectivity index (χ1n) is 11.0. The average molecular weight is 386 g/mol. The van der Waals surface area contributed by atoms with Gasteiger partial charge in [0, 0.05) is 32.2 Å². The Kier molecular flexibility index (Phi) is 7.90. The predicted octanol–water partition coefficient (Wildman–Crippen LogP) is 2.99. The highest BCUT2D eigenvalue weighted by Gasteiger charge is 2.34. The minimum atomic E-state index is -0.343. The van der Waals surface area contributed by atoms with Gasteiger partial charge >= 0.3 is 0 Å². The van der Waals surface area contributed by atoms with E-state index < -0.39 is 0 Å². The molecule has 1 saturated heterocycles. The number of rotatable bonds is 7. The molecule has 1 aromatic rings. The average Bonchev–Trinajstić information content (AvgIpc) is 2.99. The van der Waals surface area contributed by atoms with Crippen molar-refractivity contribution in [3.63, 3.8) is 0 Å². The number of nitrogens with one attached hydrogen (secondary N) is 1. The number of piperazine rings is 1. The van der Waals surface area contributed by atoms with E-state index in [0.29, 0.717) is 19.0 Å². The standard InChI is InChI=1S/C23H35N3O2/c1-2-26(20-12-8-3-4-9-13-20)22(27)18-21-23(28)24-15-17-25(21)16-14-19-10-6-5-7-11-19/h5-7,10-11,20-21H,2-4,8-9,12-18H2,1H3,(H,24,28)/t21-/m0/s1. The van der Waals surface area contributed by atoms with Gasteiger partial charge in [0.05, 0.1) is 12.5 Å². The molecule has 2 amide bonds. The highest BCUT2D eigenvalue weighted by molar-refractivity contribution is 5.89. The summed E-state index contributed by atoms with van der Waals surface area (Å²) in [6.07, 6.45) is 8.39. The largest absolute Gasteiger partial charge is 0.353 e. The van der Waals surface area contributed by atoms with Crippen molar-refractivity contribution >= 4 is 11.8 Å². The molecule has 1 saturated carbocycles. The van der Waals surface area contributed by atoms with Crippen LogP contribution in [0.4, 0.5) is 0 Å². The molecule has 1 heterocycles. The Hall–Kier alpha value is -1.88. The first kappa shape index (κ1) is 20.8. The number of benzene rings is 1. The van der Waals surface area contributed by atoms with Crippen LogP contribution in [-0.4, -0.2) is 59.9 Å². The van der Waals surface area contributed by atoms with Gasteiger partial charge in [-0.2, -0.15) is 0 Å². The summed E-state index contributed by atoms with van der Waals surface area (Å²) in [6.45, 7) is 5.09. The summed E-state index contributed by atoms with van der Waals surface area (Å²) in [4.78, 5) is 30.0. The van der Waals surface area contributed by atoms with Crippen molar-refractivity contribution in [2.45, 2.75) is 70.4 Å². The second-order valence-corrected chi connectivity index (χ2v) is 8.11. The molecule has 2 aliphatic rings. The minimum absolute atomic E-state index is 0.00424. The van der Waals surface area contributed by atoms with Crippen LogP contribution in [0.15, 0.2) is 30.3 Å². The van der Waals surface area contributed by atoms with Crippen LogP contribution >= 0.6 is 0 Å². The first-order valence-corrected chi connectivity index (χ1v) is 11.0. The molecule has 1 N–H and O–H groups in total. The summed E-state index contributed by atoms with van der Waals surface area (Å²) >= 11 is 0. The van der Waals surface area contributed by atoms with Crippen molar-refractivity contribution < 1.29 is 9.59 Å². The molecular weight excluding hydrogens is 350 g/mol. The lowest BCUT2D eigenvalue weighted by Crippen LogP contribution is -2.57. The Balaban J connectivity index is 1.62. The summed E-state index contributed by atoms with van der Waals surface area (Å²) in [7, 11) is 0. The lowest BCUT2D eigenvalue weighted by Gasteiger charge is -2.37. The zero-order valence-corrected chi connectivity index (χ0v) is 17.2. The Morgan fingerprint density at radius 2 is 1.86 bits per heavy atom. The summed E-state index contributed by atoms with van der Waals surface area (Å²) < 4.78 is 0. The quantitative estimate of drug-likeness (QED) is 0.734. The van der Waals surface area contributed by atoms with Crippen LogP contribution in [0.5, 0.6) is 0 Å². The van der Waals surface area contributed by atoms with Crippen molar-refractivity contribution in [1.82, 2.24) is 15.1 Å². The van der Waals surface area contributed by atoms with Gasteiger partial charge < -0.3 is 10.2 Å². The van der Waals surface area contributed by atoms with Crippen LogP contribution in [0.1, 0.15) is 57.4 Å². The molecular formula is C23H35N3O2. The van der Waals surface area contributed by atoms with Gasteiger partial charge in [0.2, 0.25) is 11.8 Å². The van der Waals surface area contributed by atoms with Crippen LogP contribution in [0.2, 0.25) is 0 Å². The van der Waals surface area contributed by atoms with Gasteiger partial charge in [0.15, 0.2) is 0 Å². The number of amides is 2. The Morgan fingerprint density at radius 3 is 2.54 bits per heavy atom. The van der Waals surface area contributed by atoms with Crippen molar-refractivity contribution in [3.05, 3.63) is 35.9 Å². The molecule has 0 aromatic heterocycles. The number of hydrogen-bond acceptors (Lipinski definition) is 3. The van der Waals surface area contributed by atoms with E-state index in [4.69, 9.17) is 0 Å². The topological polar surface area (TPSA) is 52.7 Å². The van der Waals surface area contributed by atoms with Gasteiger partial charge in [-0.25, -0.2) is 0 Å². The maximum Gasteiger partial charge on any atom is 0.237 e. The van der Waals surface area contributed by atoms with E-state index in [-0.39, 0.29) is 17.9 Å². The molecule has 28 heavy (non-hydrogen) atoms. The monoisotopic (exact) mass is 385 g/mol. The first-order chi connectivity index (χ1) is 13.7. The lowest BCUT2D eigenvalue weighted by molar-refractivity contribution is -0.140. The van der Waals surface area contributed by atoms with Gasteiger partial charge in [-0.15, -0.1) is 0 Å². The van der Waals surface area contributed by atoms with Crippen molar-refractivity contribution in [2.75, 3.05) is 26.2 Å². The maximum atomic E-state index is 13.1. The fraction of sp³-hybridized carbons (Fsp3) is 0.652. The molecule has 0 bridgehead atoms. The number of carbonyl (C=O) groups is 2. The van der Waals surface area contributed by atoms with E-state index in [0.717, 1.165) is 38.9 Å². The minimum Gasteiger partial charge on any atom is -0.353 e. The molecule has 0 radical (unpaired) electrons. The molecule has 1 atom stereocenters. The smallest absolute Gasteiger partial charge is 0.237 e. The van der Waals surface area contributed by atoms with Crippen LogP contribution < -0.4 is 5.32 Å². The molecule has 154 valence electrons. The van der Waals surface area contributed by atoms with E-state index in [2.05, 4.69) is 29.3 Å². The molecule has 2 fully saturated rings. The molecule has 1 aliphatic carbocycles. The van der Waals surface area contributed by atoms with Crippen molar-refractivity contribution in [3.8, 4) is 0 Å². The Labute approximate surface area is 169 Å². The zero-order valence-electron chi connectivity index (χ0n) is 17.2. The number of nitrogens with zero attached hydrogens (tertiary/aromatic N) is 2. The van der Waals surface area contributed by atoms with E-state index in [1.165, 1.54) is 31.2 Å². The number of hydrogen-bond donors (Lipinski definition) is 1. The predicted molar refractivity (Wildman–Crippen MR) is 112 cm³/mol. The third-order valence-electron chi connectivity index (χ3n) is 6.27. The highest BCUT2D eigenvalue weighted by atomic mass is 16.2. The third kappa shape index (κ3) is 5.57. The van der Waals surface area contributed by atoms with E-state index in [9.17, 15) is 9.59 Å². The van der Waals surface area contributed by atoms with Crippen LogP contribution in [0.3, 0.4) is 0 Å². The highest BCUT2D eigenvalue weighted by Crippen LogP contribution is 2.23. The zero-order chi connectivity index (χ0) is 19.8. The van der Waals surface area contributed by atoms with E-state index >= 15 is 0 Å². The molecule has 1 aromatic carbocycles. The molecule has 0 spiro atoms. The Bertz CT molecular complexity index is 626. The summed E-state index contributed by atoms with van der Waals surface area (Å²) in [5, 5.41) is 2.96. The summed E-state index contributed by atoms with van der Waals surface area (Å²) in [5.74, 6) is 0.144. The van der Waals surface area contributed by atoms with Gasteiger partial charge in [-0.05, 0) is 31.7 Å². The fourth-order valence-electron chi connectivity index (χ4n) is 4.66. The maximum absolute atomic E-state index is 13.1. The molecule has 0 unspecified atom stereocenters. The molecule has 5 heteroatoms. The summed E-state index contributed by atoms with van der Waals surface area (Å²) in [5.41, 5.74) is 1.27. The molecule has 5 nitrogen and oxygen atoms in total. The second-order valence-electron chi connectivity index (χ2n) is 8.11. The fourth-order valence-corrected chi connectivity index (χ4v) is 4.66. The van der Waals surface area contributed by atoms with E-state index in [1.54, 1.807) is 0 Å². The van der Waals surface area contributed by atoms with Crippen LogP contribution in [0.25, 0.3) is 0 Å². The van der Waals surface area contributed by atoms with Crippen LogP contribution in [0, 0.1) is 0 Å². The Morgan fingerprint density at radius 1 is 1.14 bits per heavy atom. The van der Waals surface area contributed by atoms with Crippen molar-refractivity contribution in [1.29, 1.82) is 0 Å². The van der Waals surface area contributed by atoms with Crippen molar-refractivity contribution in [2.24, 2.45) is 0 Å². The summed E-state index contributed by atoms with van der Waals surface area (Å²) in [6, 6.07) is 10.4. The SMILES string of the molecule is CCN(C(=O)C[C@H]1C(=O)NCCN1CCc1ccccc1)C1CCCCCC1. The van der Waals surface area contributed by atoms with E-state index in [1.807, 2.05) is 23.1 Å². The van der Waals surface area contributed by atoms with Gasteiger partial charge in [0.1, 0.15) is 0 Å². The second kappa shape index (κ2) is 10.6. The van der Waals surface area contributed by atoms with Gasteiger partial charge in [-0.1, -0.05) is 56.0 Å². The molecule has 3 rings (SSSR count). The van der Waals surface area contributed by atoms with Gasteiger partial charge in [0.25, 0.3) is 0 Å². The third-order valence-corrected chi connectivity index (χ3v) is 6.27. The number of carbonyl (C=O) groups excluding carboxylic acids is 2.